The monoisotopic (exact) mass is 375 g/mol. The molecular formula is C22H17NO3S. The van der Waals surface area contributed by atoms with Gasteiger partial charge in [-0.15, -0.1) is 0 Å². The van der Waals surface area contributed by atoms with Crippen LogP contribution < -0.4 is 4.90 Å². The molecule has 0 aliphatic carbocycles. The van der Waals surface area contributed by atoms with Gasteiger partial charge in [0.05, 0.1) is 17.8 Å². The van der Waals surface area contributed by atoms with E-state index < -0.39 is 5.97 Å². The van der Waals surface area contributed by atoms with Crippen LogP contribution in [0.2, 0.25) is 0 Å². The number of fused-ring (bicyclic) bond motifs is 2. The summed E-state index contributed by atoms with van der Waals surface area (Å²) in [5.41, 5.74) is 2.48. The number of carbonyl (C=O) groups excluding carboxylic acids is 2. The molecule has 1 heterocycles. The predicted molar refractivity (Wildman–Crippen MR) is 105 cm³/mol. The minimum Gasteiger partial charge on any atom is -0.455 e. The molecule has 5 heteroatoms. The predicted octanol–water partition coefficient (Wildman–Crippen LogP) is 4.60. The Kier molecular flexibility index (Phi) is 4.94. The van der Waals surface area contributed by atoms with Crippen molar-refractivity contribution >= 4 is 35.0 Å². The van der Waals surface area contributed by atoms with Crippen LogP contribution in [-0.4, -0.2) is 18.5 Å². The summed E-state index contributed by atoms with van der Waals surface area (Å²) < 4.78 is 5.25. The fraction of sp³-hybridized carbons (Fsp3) is 0.0909. The second-order valence-electron chi connectivity index (χ2n) is 6.09. The lowest BCUT2D eigenvalue weighted by molar-refractivity contribution is -0.147. The largest absolute Gasteiger partial charge is 0.455 e. The van der Waals surface area contributed by atoms with Crippen molar-refractivity contribution in [2.75, 3.05) is 11.5 Å². The van der Waals surface area contributed by atoms with E-state index in [1.54, 1.807) is 16.7 Å². The van der Waals surface area contributed by atoms with Crippen LogP contribution in [0.3, 0.4) is 0 Å². The molecule has 0 aromatic heterocycles. The molecule has 4 nitrogen and oxygen atoms in total. The highest BCUT2D eigenvalue weighted by Gasteiger charge is 2.28. The van der Waals surface area contributed by atoms with Crippen LogP contribution in [0.15, 0.2) is 88.7 Å². The van der Waals surface area contributed by atoms with Crippen molar-refractivity contribution in [1.82, 2.24) is 0 Å². The smallest absolute Gasteiger partial charge is 0.310 e. The van der Waals surface area contributed by atoms with Crippen LogP contribution in [0.25, 0.3) is 0 Å². The first-order chi connectivity index (χ1) is 13.2. The summed E-state index contributed by atoms with van der Waals surface area (Å²) in [7, 11) is 0. The summed E-state index contributed by atoms with van der Waals surface area (Å²) in [6, 6.07) is 24.8. The lowest BCUT2D eigenvalue weighted by Crippen LogP contribution is -2.32. The second kappa shape index (κ2) is 7.68. The van der Waals surface area contributed by atoms with Crippen molar-refractivity contribution in [2.45, 2.75) is 16.2 Å². The Morgan fingerprint density at radius 3 is 1.96 bits per heavy atom. The SMILES string of the molecule is O=C(Cc1ccccc1)OCC(=O)N1c2ccccc2Sc2ccccc21. The summed E-state index contributed by atoms with van der Waals surface area (Å²) in [4.78, 5) is 28.6. The molecule has 0 N–H and O–H groups in total. The van der Waals surface area contributed by atoms with Crippen LogP contribution in [0.4, 0.5) is 11.4 Å². The minimum atomic E-state index is -0.414. The standard InChI is InChI=1S/C22H17NO3S/c24-21(15-26-22(25)14-16-8-2-1-3-9-16)23-17-10-4-6-12-19(17)27-20-13-7-5-11-18(20)23/h1-13H,14-15H2. The van der Waals surface area contributed by atoms with Crippen molar-refractivity contribution in [3.05, 3.63) is 84.4 Å². The number of benzene rings is 3. The van der Waals surface area contributed by atoms with Crippen LogP contribution >= 0.6 is 11.8 Å². The summed E-state index contributed by atoms with van der Waals surface area (Å²) in [5, 5.41) is 0. The van der Waals surface area contributed by atoms with Gasteiger partial charge in [-0.3, -0.25) is 14.5 Å². The van der Waals surface area contributed by atoms with Gasteiger partial charge in [0.25, 0.3) is 5.91 Å². The molecule has 0 unspecified atom stereocenters. The first-order valence-electron chi connectivity index (χ1n) is 8.61. The lowest BCUT2D eigenvalue weighted by atomic mass is 10.2. The van der Waals surface area contributed by atoms with Gasteiger partial charge in [-0.05, 0) is 29.8 Å². The molecule has 4 rings (SSSR count). The van der Waals surface area contributed by atoms with Crippen LogP contribution in [0.1, 0.15) is 5.56 Å². The Balaban J connectivity index is 1.51. The quantitative estimate of drug-likeness (QED) is 0.625. The van der Waals surface area contributed by atoms with Crippen LogP contribution in [0.5, 0.6) is 0 Å². The Labute approximate surface area is 161 Å². The van der Waals surface area contributed by atoms with Gasteiger partial charge < -0.3 is 4.74 Å². The number of carbonyl (C=O) groups is 2. The van der Waals surface area contributed by atoms with Gasteiger partial charge in [0, 0.05) is 9.79 Å². The summed E-state index contributed by atoms with van der Waals surface area (Å²) in [5.74, 6) is -0.681. The fourth-order valence-corrected chi connectivity index (χ4v) is 4.05. The maximum atomic E-state index is 12.9. The maximum absolute atomic E-state index is 12.9. The molecule has 3 aromatic rings. The normalized spacial score (nSPS) is 12.1. The molecular weight excluding hydrogens is 358 g/mol. The van der Waals surface area contributed by atoms with Gasteiger partial charge >= 0.3 is 5.97 Å². The third-order valence-corrected chi connectivity index (χ3v) is 5.36. The average Bonchev–Trinajstić information content (AvgIpc) is 2.71. The molecule has 0 spiro atoms. The molecule has 134 valence electrons. The zero-order valence-corrected chi connectivity index (χ0v) is 15.3. The molecule has 0 fully saturated rings. The molecule has 0 saturated carbocycles. The lowest BCUT2D eigenvalue weighted by Gasteiger charge is -2.30. The van der Waals surface area contributed by atoms with Gasteiger partial charge in [-0.1, -0.05) is 66.4 Å². The van der Waals surface area contributed by atoms with E-state index >= 15 is 0 Å². The van der Waals surface area contributed by atoms with E-state index in [0.29, 0.717) is 0 Å². The minimum absolute atomic E-state index is 0.150. The highest BCUT2D eigenvalue weighted by Crippen LogP contribution is 2.47. The third kappa shape index (κ3) is 3.73. The van der Waals surface area contributed by atoms with Gasteiger partial charge in [0.1, 0.15) is 0 Å². The Morgan fingerprint density at radius 2 is 1.33 bits per heavy atom. The van der Waals surface area contributed by atoms with Crippen LogP contribution in [-0.2, 0) is 20.7 Å². The number of hydrogen-bond acceptors (Lipinski definition) is 4. The third-order valence-electron chi connectivity index (χ3n) is 4.23. The number of nitrogens with zero attached hydrogens (tertiary/aromatic N) is 1. The van der Waals surface area contributed by atoms with Gasteiger partial charge in [0.15, 0.2) is 6.61 Å². The topological polar surface area (TPSA) is 46.6 Å². The van der Waals surface area contributed by atoms with Crippen molar-refractivity contribution in [1.29, 1.82) is 0 Å². The zero-order valence-electron chi connectivity index (χ0n) is 14.5. The number of para-hydroxylation sites is 2. The van der Waals surface area contributed by atoms with Gasteiger partial charge in [0.2, 0.25) is 0 Å². The van der Waals surface area contributed by atoms with Crippen molar-refractivity contribution < 1.29 is 14.3 Å². The molecule has 0 atom stereocenters. The van der Waals surface area contributed by atoms with E-state index in [9.17, 15) is 9.59 Å². The molecule has 1 aliphatic heterocycles. The van der Waals surface area contributed by atoms with E-state index in [4.69, 9.17) is 4.74 Å². The molecule has 1 aliphatic rings. The van der Waals surface area contributed by atoms with Crippen molar-refractivity contribution in [3.63, 3.8) is 0 Å². The first-order valence-corrected chi connectivity index (χ1v) is 9.42. The fourth-order valence-electron chi connectivity index (χ4n) is 2.99. The van der Waals surface area contributed by atoms with Crippen molar-refractivity contribution in [3.8, 4) is 0 Å². The molecule has 27 heavy (non-hydrogen) atoms. The second-order valence-corrected chi connectivity index (χ2v) is 7.17. The van der Waals surface area contributed by atoms with E-state index in [-0.39, 0.29) is 18.9 Å². The molecule has 0 radical (unpaired) electrons. The summed E-state index contributed by atoms with van der Waals surface area (Å²) in [6.07, 6.45) is 0.150. The highest BCUT2D eigenvalue weighted by molar-refractivity contribution is 7.99. The Bertz CT molecular complexity index is 942. The zero-order chi connectivity index (χ0) is 18.6. The van der Waals surface area contributed by atoms with E-state index in [1.165, 1.54) is 0 Å². The number of esters is 1. The molecule has 0 bridgehead atoms. The van der Waals surface area contributed by atoms with Gasteiger partial charge in [-0.2, -0.15) is 0 Å². The average molecular weight is 375 g/mol. The first kappa shape index (κ1) is 17.4. The Hall–Kier alpha value is -3.05. The molecule has 1 amide bonds. The number of ether oxygens (including phenoxy) is 1. The van der Waals surface area contributed by atoms with Gasteiger partial charge in [-0.25, -0.2) is 0 Å². The van der Waals surface area contributed by atoms with Crippen LogP contribution in [0, 0.1) is 0 Å². The highest BCUT2D eigenvalue weighted by atomic mass is 32.2. The summed E-state index contributed by atoms with van der Waals surface area (Å²) >= 11 is 1.63. The summed E-state index contributed by atoms with van der Waals surface area (Å²) in [6.45, 7) is -0.293. The maximum Gasteiger partial charge on any atom is 0.310 e. The number of anilines is 2. The van der Waals surface area contributed by atoms with E-state index in [1.807, 2.05) is 78.9 Å². The number of hydrogen-bond donors (Lipinski definition) is 0. The van der Waals surface area contributed by atoms with E-state index in [2.05, 4.69) is 0 Å². The Morgan fingerprint density at radius 1 is 0.778 bits per heavy atom. The van der Waals surface area contributed by atoms with E-state index in [0.717, 1.165) is 26.7 Å². The molecule has 3 aromatic carbocycles. The van der Waals surface area contributed by atoms with Crippen molar-refractivity contribution in [2.24, 2.45) is 0 Å². The number of rotatable bonds is 4. The number of amides is 1. The molecule has 0 saturated heterocycles.